The van der Waals surface area contributed by atoms with Gasteiger partial charge in [0.05, 0.1) is 6.20 Å². The molecule has 3 atom stereocenters. The summed E-state index contributed by atoms with van der Waals surface area (Å²) in [6, 6.07) is 10.9. The second-order valence-electron chi connectivity index (χ2n) is 7.32. The van der Waals surface area contributed by atoms with Gasteiger partial charge in [-0.05, 0) is 35.8 Å². The number of guanidine groups is 1. The number of hydrogen-bond donors (Lipinski definition) is 1. The van der Waals surface area contributed by atoms with Crippen molar-refractivity contribution in [1.82, 2.24) is 20.0 Å². The number of aromatic nitrogens is 2. The van der Waals surface area contributed by atoms with Gasteiger partial charge in [-0.1, -0.05) is 30.3 Å². The molecule has 0 radical (unpaired) electrons. The smallest absolute Gasteiger partial charge is 0.193 e. The van der Waals surface area contributed by atoms with Crippen LogP contribution in [-0.2, 0) is 7.05 Å². The first-order valence-corrected chi connectivity index (χ1v) is 9.23. The maximum atomic E-state index is 4.51. The lowest BCUT2D eigenvalue weighted by atomic mass is 10.0. The third-order valence-electron chi connectivity index (χ3n) is 5.57. The molecule has 1 aliphatic carbocycles. The SMILES string of the molecule is CN=C(NCC1CC1c1ccccc1)N1CCC(c2cnn(C)c2)C1. The molecule has 5 nitrogen and oxygen atoms in total. The number of aryl methyl sites for hydroxylation is 1. The summed E-state index contributed by atoms with van der Waals surface area (Å²) in [7, 11) is 3.87. The fourth-order valence-electron chi connectivity index (χ4n) is 4.01. The van der Waals surface area contributed by atoms with E-state index in [1.807, 2.05) is 25.0 Å². The number of rotatable bonds is 4. The Kier molecular flexibility index (Phi) is 4.47. The van der Waals surface area contributed by atoms with E-state index in [2.05, 4.69) is 56.8 Å². The number of nitrogens with one attached hydrogen (secondary N) is 1. The monoisotopic (exact) mass is 337 g/mol. The van der Waals surface area contributed by atoms with Gasteiger partial charge in [0.1, 0.15) is 0 Å². The van der Waals surface area contributed by atoms with E-state index in [0.717, 1.165) is 31.5 Å². The van der Waals surface area contributed by atoms with Crippen molar-refractivity contribution in [3.8, 4) is 0 Å². The van der Waals surface area contributed by atoms with Crippen LogP contribution in [0.1, 0.15) is 35.8 Å². The van der Waals surface area contributed by atoms with Gasteiger partial charge in [0, 0.05) is 45.8 Å². The number of benzene rings is 1. The highest BCUT2D eigenvalue weighted by Crippen LogP contribution is 2.46. The van der Waals surface area contributed by atoms with E-state index in [9.17, 15) is 0 Å². The number of nitrogens with zero attached hydrogens (tertiary/aromatic N) is 4. The zero-order valence-corrected chi connectivity index (χ0v) is 15.1. The molecular weight excluding hydrogens is 310 g/mol. The molecule has 2 heterocycles. The van der Waals surface area contributed by atoms with Gasteiger partial charge >= 0.3 is 0 Å². The summed E-state index contributed by atoms with van der Waals surface area (Å²) < 4.78 is 1.89. The second kappa shape index (κ2) is 6.90. The van der Waals surface area contributed by atoms with Crippen LogP contribution in [0.25, 0.3) is 0 Å². The molecule has 0 spiro atoms. The molecule has 1 N–H and O–H groups in total. The van der Waals surface area contributed by atoms with E-state index in [1.165, 1.54) is 24.0 Å². The highest BCUT2D eigenvalue weighted by molar-refractivity contribution is 5.80. The molecule has 25 heavy (non-hydrogen) atoms. The summed E-state index contributed by atoms with van der Waals surface area (Å²) in [4.78, 5) is 6.90. The fourth-order valence-corrected chi connectivity index (χ4v) is 4.01. The van der Waals surface area contributed by atoms with Crippen molar-refractivity contribution in [2.24, 2.45) is 18.0 Å². The zero-order chi connectivity index (χ0) is 17.2. The lowest BCUT2D eigenvalue weighted by molar-refractivity contribution is 0.483. The van der Waals surface area contributed by atoms with Gasteiger partial charge in [-0.3, -0.25) is 9.67 Å². The topological polar surface area (TPSA) is 45.5 Å². The Morgan fingerprint density at radius 1 is 1.28 bits per heavy atom. The molecule has 1 saturated carbocycles. The molecular formula is C20H27N5. The molecule has 0 bridgehead atoms. The molecule has 1 aromatic heterocycles. The lowest BCUT2D eigenvalue weighted by Gasteiger charge is -2.21. The Bertz CT molecular complexity index is 736. The van der Waals surface area contributed by atoms with Crippen LogP contribution >= 0.6 is 0 Å². The minimum absolute atomic E-state index is 0.560. The first-order chi connectivity index (χ1) is 12.2. The summed E-state index contributed by atoms with van der Waals surface area (Å²) in [5.74, 6) is 3.06. The number of hydrogen-bond acceptors (Lipinski definition) is 2. The normalized spacial score (nSPS) is 26.1. The van der Waals surface area contributed by atoms with Crippen molar-refractivity contribution < 1.29 is 0 Å². The van der Waals surface area contributed by atoms with E-state index in [-0.39, 0.29) is 0 Å². The first-order valence-electron chi connectivity index (χ1n) is 9.23. The highest BCUT2D eigenvalue weighted by Gasteiger charge is 2.38. The van der Waals surface area contributed by atoms with Gasteiger partial charge in [0.25, 0.3) is 0 Å². The highest BCUT2D eigenvalue weighted by atomic mass is 15.3. The van der Waals surface area contributed by atoms with Crippen molar-refractivity contribution in [3.63, 3.8) is 0 Å². The minimum Gasteiger partial charge on any atom is -0.356 e. The number of likely N-dealkylation sites (tertiary alicyclic amines) is 1. The Hall–Kier alpha value is -2.30. The molecule has 1 saturated heterocycles. The molecule has 2 fully saturated rings. The molecule has 3 unspecified atom stereocenters. The summed E-state index contributed by atoms with van der Waals surface area (Å²) >= 11 is 0. The van der Waals surface area contributed by atoms with Gasteiger partial charge in [0.2, 0.25) is 0 Å². The van der Waals surface area contributed by atoms with Crippen LogP contribution in [-0.4, -0.2) is 47.3 Å². The van der Waals surface area contributed by atoms with Crippen molar-refractivity contribution in [2.45, 2.75) is 24.7 Å². The summed E-state index contributed by atoms with van der Waals surface area (Å²) in [5, 5.41) is 7.91. The zero-order valence-electron chi connectivity index (χ0n) is 15.1. The van der Waals surface area contributed by atoms with Crippen LogP contribution in [0.3, 0.4) is 0 Å². The van der Waals surface area contributed by atoms with Crippen molar-refractivity contribution in [1.29, 1.82) is 0 Å². The van der Waals surface area contributed by atoms with Crippen LogP contribution in [0.15, 0.2) is 47.7 Å². The van der Waals surface area contributed by atoms with Gasteiger partial charge in [-0.2, -0.15) is 5.10 Å². The predicted molar refractivity (Wildman–Crippen MR) is 101 cm³/mol. The van der Waals surface area contributed by atoms with Crippen LogP contribution in [0.5, 0.6) is 0 Å². The quantitative estimate of drug-likeness (QED) is 0.689. The maximum Gasteiger partial charge on any atom is 0.193 e. The lowest BCUT2D eigenvalue weighted by Crippen LogP contribution is -2.40. The Balaban J connectivity index is 1.29. The Labute approximate surface area is 149 Å². The van der Waals surface area contributed by atoms with Crippen LogP contribution in [0.2, 0.25) is 0 Å². The van der Waals surface area contributed by atoms with E-state index in [4.69, 9.17) is 0 Å². The Morgan fingerprint density at radius 3 is 2.84 bits per heavy atom. The molecule has 5 heteroatoms. The van der Waals surface area contributed by atoms with Gasteiger partial charge in [-0.25, -0.2) is 0 Å². The third-order valence-corrected chi connectivity index (χ3v) is 5.57. The Morgan fingerprint density at radius 2 is 2.12 bits per heavy atom. The van der Waals surface area contributed by atoms with Crippen molar-refractivity contribution in [2.75, 3.05) is 26.7 Å². The molecule has 4 rings (SSSR count). The largest absolute Gasteiger partial charge is 0.356 e. The molecule has 1 aromatic carbocycles. The van der Waals surface area contributed by atoms with E-state index >= 15 is 0 Å². The minimum atomic E-state index is 0.560. The predicted octanol–water partition coefficient (Wildman–Crippen LogP) is 2.59. The first kappa shape index (κ1) is 16.2. The standard InChI is InChI=1S/C20H27N5/c1-21-20(22-11-17-10-19(17)15-6-4-3-5-7-15)25-9-8-16(14-25)18-12-23-24(2)13-18/h3-7,12-13,16-17,19H,8-11,14H2,1-2H3,(H,21,22). The average molecular weight is 337 g/mol. The van der Waals surface area contributed by atoms with Crippen LogP contribution in [0.4, 0.5) is 0 Å². The fraction of sp³-hybridized carbons (Fsp3) is 0.500. The summed E-state index contributed by atoms with van der Waals surface area (Å²) in [6.45, 7) is 3.10. The summed E-state index contributed by atoms with van der Waals surface area (Å²) in [6.07, 6.45) is 6.59. The molecule has 2 aromatic rings. The van der Waals surface area contributed by atoms with Gasteiger partial charge in [0.15, 0.2) is 5.96 Å². The van der Waals surface area contributed by atoms with E-state index in [0.29, 0.717) is 11.8 Å². The molecule has 2 aliphatic rings. The molecule has 1 aliphatic heterocycles. The van der Waals surface area contributed by atoms with Crippen molar-refractivity contribution in [3.05, 3.63) is 53.9 Å². The third kappa shape index (κ3) is 3.55. The van der Waals surface area contributed by atoms with E-state index < -0.39 is 0 Å². The maximum absolute atomic E-state index is 4.51. The summed E-state index contributed by atoms with van der Waals surface area (Å²) in [5.41, 5.74) is 2.81. The van der Waals surface area contributed by atoms with Crippen LogP contribution in [0, 0.1) is 5.92 Å². The van der Waals surface area contributed by atoms with Gasteiger partial charge in [-0.15, -0.1) is 0 Å². The van der Waals surface area contributed by atoms with Crippen molar-refractivity contribution >= 4 is 5.96 Å². The van der Waals surface area contributed by atoms with Crippen LogP contribution < -0.4 is 5.32 Å². The second-order valence-corrected chi connectivity index (χ2v) is 7.32. The average Bonchev–Trinajstić information content (AvgIpc) is 3.02. The molecule has 132 valence electrons. The van der Waals surface area contributed by atoms with Gasteiger partial charge < -0.3 is 10.2 Å². The number of aliphatic imine (C=N–C) groups is 1. The molecule has 0 amide bonds. The van der Waals surface area contributed by atoms with E-state index in [1.54, 1.807) is 0 Å².